The van der Waals surface area contributed by atoms with Crippen molar-refractivity contribution in [3.05, 3.63) is 92.4 Å². The van der Waals surface area contributed by atoms with E-state index in [1.165, 1.54) is 25.3 Å². The van der Waals surface area contributed by atoms with Crippen LogP contribution in [-0.2, 0) is 6.42 Å². The molecule has 1 heterocycles. The van der Waals surface area contributed by atoms with Crippen LogP contribution in [0.5, 0.6) is 5.75 Å². The number of carbonyl (C=O) groups excluding carboxylic acids is 3. The number of non-ortho nitro benzene ring substituents is 1. The zero-order valence-corrected chi connectivity index (χ0v) is 20.0. The zero-order chi connectivity index (χ0) is 26.5. The molecule has 0 spiro atoms. The molecule has 2 aromatic carbocycles. The van der Waals surface area contributed by atoms with Crippen LogP contribution < -0.4 is 21.0 Å². The van der Waals surface area contributed by atoms with Crippen LogP contribution in [0, 0.1) is 17.0 Å². The van der Waals surface area contributed by atoms with Crippen molar-refractivity contribution in [2.45, 2.75) is 26.2 Å². The summed E-state index contributed by atoms with van der Waals surface area (Å²) < 4.78 is 10.8. The lowest BCUT2D eigenvalue weighted by atomic mass is 9.93. The molecule has 0 atom stereocenters. The third-order valence-corrected chi connectivity index (χ3v) is 5.79. The summed E-state index contributed by atoms with van der Waals surface area (Å²) in [5.41, 5.74) is 8.96. The number of hydrazine groups is 1. The Labute approximate surface area is 210 Å². The molecule has 0 fully saturated rings. The molecule has 3 N–H and O–H groups in total. The third-order valence-electron chi connectivity index (χ3n) is 5.79. The molecule has 0 saturated heterocycles. The summed E-state index contributed by atoms with van der Waals surface area (Å²) in [5, 5.41) is 15.2. The summed E-state index contributed by atoms with van der Waals surface area (Å²) in [6.45, 7) is 1.69. The van der Waals surface area contributed by atoms with Crippen molar-refractivity contribution in [3.63, 3.8) is 0 Å². The van der Waals surface area contributed by atoms with Gasteiger partial charge in [-0.25, -0.2) is 5.43 Å². The van der Waals surface area contributed by atoms with E-state index in [9.17, 15) is 24.5 Å². The highest BCUT2D eigenvalue weighted by Crippen LogP contribution is 2.30. The summed E-state index contributed by atoms with van der Waals surface area (Å²) >= 11 is 0. The van der Waals surface area contributed by atoms with Crippen molar-refractivity contribution in [2.75, 3.05) is 7.11 Å². The van der Waals surface area contributed by atoms with Crippen molar-refractivity contribution >= 4 is 29.1 Å². The number of nitrogens with zero attached hydrogens (tertiary/aromatic N) is 2. The van der Waals surface area contributed by atoms with Gasteiger partial charge in [0.25, 0.3) is 17.5 Å². The Balaban J connectivity index is 1.46. The lowest BCUT2D eigenvalue weighted by Crippen LogP contribution is -2.41. The van der Waals surface area contributed by atoms with Crippen molar-refractivity contribution in [2.24, 2.45) is 5.10 Å². The van der Waals surface area contributed by atoms with Crippen LogP contribution in [0.4, 0.5) is 5.69 Å². The number of hydrogen-bond acceptors (Lipinski definition) is 8. The summed E-state index contributed by atoms with van der Waals surface area (Å²) in [6, 6.07) is 11.7. The first-order chi connectivity index (χ1) is 17.8. The van der Waals surface area contributed by atoms with Crippen LogP contribution in [0.3, 0.4) is 0 Å². The summed E-state index contributed by atoms with van der Waals surface area (Å²) in [4.78, 5) is 48.0. The maximum absolute atomic E-state index is 12.8. The minimum atomic E-state index is -0.645. The molecule has 0 radical (unpaired) electrons. The minimum Gasteiger partial charge on any atom is -0.497 e. The molecule has 4 rings (SSSR count). The second-order valence-electron chi connectivity index (χ2n) is 8.15. The van der Waals surface area contributed by atoms with Crippen LogP contribution in [0.1, 0.15) is 61.0 Å². The van der Waals surface area contributed by atoms with Crippen LogP contribution in [0.15, 0.2) is 58.0 Å². The predicted molar refractivity (Wildman–Crippen MR) is 131 cm³/mol. The van der Waals surface area contributed by atoms with Crippen molar-refractivity contribution in [1.29, 1.82) is 0 Å². The first-order valence-electron chi connectivity index (χ1n) is 11.3. The van der Waals surface area contributed by atoms with Gasteiger partial charge in [-0.3, -0.25) is 35.3 Å². The minimum absolute atomic E-state index is 0.0136. The Morgan fingerprint density at radius 2 is 1.73 bits per heavy atom. The average Bonchev–Trinajstić information content (AvgIpc) is 3.27. The van der Waals surface area contributed by atoms with E-state index in [2.05, 4.69) is 21.4 Å². The summed E-state index contributed by atoms with van der Waals surface area (Å²) in [6.07, 6.45) is 1.78. The van der Waals surface area contributed by atoms with Crippen LogP contribution >= 0.6 is 0 Å². The number of amides is 3. The van der Waals surface area contributed by atoms with Crippen LogP contribution in [-0.4, -0.2) is 35.5 Å². The smallest absolute Gasteiger partial charge is 0.305 e. The van der Waals surface area contributed by atoms with E-state index < -0.39 is 22.6 Å². The normalized spacial score (nSPS) is 13.4. The fourth-order valence-corrected chi connectivity index (χ4v) is 3.93. The molecule has 0 bridgehead atoms. The van der Waals surface area contributed by atoms with Gasteiger partial charge in [0, 0.05) is 40.8 Å². The highest BCUT2D eigenvalue weighted by molar-refractivity contribution is 6.07. The Kier molecular flexibility index (Phi) is 7.28. The molecule has 12 nitrogen and oxygen atoms in total. The number of hydrogen-bond donors (Lipinski definition) is 3. The molecule has 12 heteroatoms. The van der Waals surface area contributed by atoms with E-state index >= 15 is 0 Å². The maximum atomic E-state index is 12.8. The number of nitro benzene ring substituents is 1. The second kappa shape index (κ2) is 10.7. The molecular formula is C25H23N5O7. The second-order valence-corrected chi connectivity index (χ2v) is 8.15. The van der Waals surface area contributed by atoms with Gasteiger partial charge in [-0.05, 0) is 50.1 Å². The fourth-order valence-electron chi connectivity index (χ4n) is 3.93. The van der Waals surface area contributed by atoms with Gasteiger partial charge in [0.1, 0.15) is 11.5 Å². The zero-order valence-electron chi connectivity index (χ0n) is 20.0. The number of aryl methyl sites for hydroxylation is 1. The maximum Gasteiger partial charge on any atom is 0.305 e. The van der Waals surface area contributed by atoms with Crippen LogP contribution in [0.25, 0.3) is 0 Å². The number of fused-ring (bicyclic) bond motifs is 1. The summed E-state index contributed by atoms with van der Waals surface area (Å²) in [7, 11) is 1.52. The van der Waals surface area contributed by atoms with Gasteiger partial charge in [-0.2, -0.15) is 5.10 Å². The van der Waals surface area contributed by atoms with Gasteiger partial charge in [-0.1, -0.05) is 6.07 Å². The van der Waals surface area contributed by atoms with Crippen molar-refractivity contribution in [1.82, 2.24) is 16.3 Å². The van der Waals surface area contributed by atoms with E-state index in [0.717, 1.165) is 6.07 Å². The highest BCUT2D eigenvalue weighted by atomic mass is 16.6. The molecular weight excluding hydrogens is 482 g/mol. The first kappa shape index (κ1) is 25.1. The standard InChI is InChI=1S/C25H23N5O7/c1-14-21-19(26-27-24(32)16-5-3-6-17(13-16)30(34)35)7-4-8-20(21)37-22(14)25(33)29-28-23(31)15-9-11-18(36-2)12-10-15/h3,5-6,9-13H,4,7-8H2,1-2H3,(H,27,32)(H,28,31)(H,29,33)/b26-19+. The highest BCUT2D eigenvalue weighted by Gasteiger charge is 2.28. The van der Waals surface area contributed by atoms with E-state index in [-0.39, 0.29) is 17.0 Å². The topological polar surface area (TPSA) is 165 Å². The van der Waals surface area contributed by atoms with E-state index in [4.69, 9.17) is 9.15 Å². The monoisotopic (exact) mass is 505 g/mol. The molecule has 1 aliphatic carbocycles. The number of nitro groups is 1. The molecule has 190 valence electrons. The number of carbonyl (C=O) groups is 3. The van der Waals surface area contributed by atoms with Gasteiger partial charge >= 0.3 is 5.91 Å². The Morgan fingerprint density at radius 1 is 1.00 bits per heavy atom. The van der Waals surface area contributed by atoms with Crippen molar-refractivity contribution in [3.8, 4) is 5.75 Å². The molecule has 3 amide bonds. The number of rotatable bonds is 6. The lowest BCUT2D eigenvalue weighted by molar-refractivity contribution is -0.384. The number of hydrazone groups is 1. The first-order valence-corrected chi connectivity index (χ1v) is 11.3. The van der Waals surface area contributed by atoms with E-state index in [1.807, 2.05) is 0 Å². The van der Waals surface area contributed by atoms with Gasteiger partial charge in [0.2, 0.25) is 0 Å². The van der Waals surface area contributed by atoms with Gasteiger partial charge in [0.15, 0.2) is 5.76 Å². The van der Waals surface area contributed by atoms with E-state index in [1.54, 1.807) is 31.2 Å². The predicted octanol–water partition coefficient (Wildman–Crippen LogP) is 3.05. The van der Waals surface area contributed by atoms with Gasteiger partial charge < -0.3 is 9.15 Å². The lowest BCUT2D eigenvalue weighted by Gasteiger charge is -2.13. The van der Waals surface area contributed by atoms with Gasteiger partial charge in [-0.15, -0.1) is 0 Å². The molecule has 37 heavy (non-hydrogen) atoms. The molecule has 1 aromatic heterocycles. The van der Waals surface area contributed by atoms with Crippen molar-refractivity contribution < 1.29 is 28.5 Å². The number of nitrogens with one attached hydrogen (secondary N) is 3. The van der Waals surface area contributed by atoms with E-state index in [0.29, 0.717) is 53.2 Å². The van der Waals surface area contributed by atoms with Crippen LogP contribution in [0.2, 0.25) is 0 Å². The van der Waals surface area contributed by atoms with Gasteiger partial charge in [0.05, 0.1) is 17.7 Å². The number of ether oxygens (including phenoxy) is 1. The fraction of sp³-hybridized carbons (Fsp3) is 0.200. The Bertz CT molecular complexity index is 1410. The SMILES string of the molecule is COc1ccc(C(=O)NNC(=O)c2oc3c(c2C)/C(=N/NC(=O)c2cccc([N+](=O)[O-])c2)CCC3)cc1. The largest absolute Gasteiger partial charge is 0.497 e. The Morgan fingerprint density at radius 3 is 2.43 bits per heavy atom. The summed E-state index contributed by atoms with van der Waals surface area (Å²) in [5.74, 6) is -0.622. The molecule has 0 aliphatic heterocycles. The Hall–Kier alpha value is -5.00. The quantitative estimate of drug-likeness (QED) is 0.342. The molecule has 0 saturated carbocycles. The molecule has 1 aliphatic rings. The number of furan rings is 1. The third kappa shape index (κ3) is 5.48. The number of methoxy groups -OCH3 is 1. The molecule has 0 unspecified atom stereocenters. The number of benzene rings is 2. The average molecular weight is 505 g/mol. The molecule has 3 aromatic rings.